The van der Waals surface area contributed by atoms with E-state index < -0.39 is 0 Å². The van der Waals surface area contributed by atoms with Crippen LogP contribution in [0.1, 0.15) is 11.1 Å². The minimum atomic E-state index is 0.511. The lowest BCUT2D eigenvalue weighted by Gasteiger charge is -2.29. The van der Waals surface area contributed by atoms with Crippen molar-refractivity contribution in [2.75, 3.05) is 35.2 Å². The lowest BCUT2D eigenvalue weighted by Crippen LogP contribution is -2.31. The summed E-state index contributed by atoms with van der Waals surface area (Å²) in [5.74, 6) is 3.67. The molecule has 1 aliphatic rings. The van der Waals surface area contributed by atoms with E-state index in [-0.39, 0.29) is 0 Å². The molecule has 0 saturated carbocycles. The van der Waals surface area contributed by atoms with E-state index in [2.05, 4.69) is 4.90 Å². The molecule has 0 aliphatic carbocycles. The maximum Gasteiger partial charge on any atom is 0.164 e. The Morgan fingerprint density at radius 1 is 0.840 bits per heavy atom. The summed E-state index contributed by atoms with van der Waals surface area (Å²) in [7, 11) is 6.53. The van der Waals surface area contributed by atoms with Gasteiger partial charge in [0.25, 0.3) is 0 Å². The summed E-state index contributed by atoms with van der Waals surface area (Å²) in [4.78, 5) is 2.20. The van der Waals surface area contributed by atoms with Crippen molar-refractivity contribution in [3.8, 4) is 28.7 Å². The van der Waals surface area contributed by atoms with E-state index in [1.807, 2.05) is 30.3 Å². The predicted molar refractivity (Wildman–Crippen MR) is 93.8 cm³/mol. The molecule has 0 aromatic heterocycles. The highest BCUT2D eigenvalue weighted by molar-refractivity contribution is 5.51. The van der Waals surface area contributed by atoms with Crippen molar-refractivity contribution in [2.24, 2.45) is 0 Å². The molecule has 0 radical (unpaired) electrons. The molecule has 0 unspecified atom stereocenters. The molecule has 0 fully saturated rings. The third kappa shape index (κ3) is 3.58. The molecule has 134 valence electrons. The monoisotopic (exact) mass is 345 g/mol. The Morgan fingerprint density at radius 3 is 2.16 bits per heavy atom. The molecule has 0 N–H and O–H groups in total. The van der Waals surface area contributed by atoms with Gasteiger partial charge in [-0.2, -0.15) is 0 Å². The van der Waals surface area contributed by atoms with E-state index in [4.69, 9.17) is 23.7 Å². The highest BCUT2D eigenvalue weighted by Crippen LogP contribution is 2.37. The van der Waals surface area contributed by atoms with Crippen LogP contribution in [0.3, 0.4) is 0 Å². The van der Waals surface area contributed by atoms with Crippen LogP contribution in [0, 0.1) is 0 Å². The van der Waals surface area contributed by atoms with E-state index in [1.165, 1.54) is 0 Å². The quantitative estimate of drug-likeness (QED) is 0.802. The van der Waals surface area contributed by atoms with Gasteiger partial charge in [-0.05, 0) is 23.8 Å². The van der Waals surface area contributed by atoms with Gasteiger partial charge < -0.3 is 23.7 Å². The molecule has 0 saturated heterocycles. The molecule has 6 nitrogen and oxygen atoms in total. The van der Waals surface area contributed by atoms with E-state index in [0.717, 1.165) is 41.5 Å². The van der Waals surface area contributed by atoms with Gasteiger partial charge in [0.15, 0.2) is 23.0 Å². The second-order valence-corrected chi connectivity index (χ2v) is 5.76. The molecule has 2 aromatic carbocycles. The number of nitrogens with zero attached hydrogens (tertiary/aromatic N) is 1. The summed E-state index contributed by atoms with van der Waals surface area (Å²) < 4.78 is 27.3. The van der Waals surface area contributed by atoms with Crippen LogP contribution in [0.25, 0.3) is 0 Å². The maximum atomic E-state index is 5.89. The molecule has 2 aromatic rings. The molecule has 25 heavy (non-hydrogen) atoms. The Morgan fingerprint density at radius 2 is 1.48 bits per heavy atom. The van der Waals surface area contributed by atoms with Gasteiger partial charge in [0.2, 0.25) is 0 Å². The van der Waals surface area contributed by atoms with Crippen molar-refractivity contribution < 1.29 is 23.7 Å². The van der Waals surface area contributed by atoms with Gasteiger partial charge in [0, 0.05) is 24.7 Å². The molecule has 0 atom stereocenters. The zero-order chi connectivity index (χ0) is 17.8. The highest BCUT2D eigenvalue weighted by atomic mass is 16.5. The predicted octanol–water partition coefficient (Wildman–Crippen LogP) is 3.07. The summed E-state index contributed by atoms with van der Waals surface area (Å²) >= 11 is 0. The van der Waals surface area contributed by atoms with Crippen molar-refractivity contribution in [1.29, 1.82) is 0 Å². The Kier molecular flexibility index (Phi) is 5.19. The van der Waals surface area contributed by atoms with Crippen molar-refractivity contribution >= 4 is 0 Å². The Labute approximate surface area is 147 Å². The average molecular weight is 345 g/mol. The second kappa shape index (κ2) is 7.53. The van der Waals surface area contributed by atoms with Crippen molar-refractivity contribution in [3.63, 3.8) is 0 Å². The summed E-state index contributed by atoms with van der Waals surface area (Å²) in [6, 6.07) is 9.78. The molecular weight excluding hydrogens is 322 g/mol. The van der Waals surface area contributed by atoms with E-state index in [1.54, 1.807) is 28.4 Å². The van der Waals surface area contributed by atoms with Gasteiger partial charge in [-0.15, -0.1) is 0 Å². The van der Waals surface area contributed by atoms with Crippen LogP contribution in [0.4, 0.5) is 0 Å². The van der Waals surface area contributed by atoms with Gasteiger partial charge in [-0.25, -0.2) is 0 Å². The lowest BCUT2D eigenvalue weighted by molar-refractivity contribution is 0.0880. The Bertz CT molecular complexity index is 747. The van der Waals surface area contributed by atoms with E-state index in [0.29, 0.717) is 18.2 Å². The van der Waals surface area contributed by atoms with Gasteiger partial charge in [0.05, 0.1) is 28.4 Å². The van der Waals surface area contributed by atoms with Crippen molar-refractivity contribution in [2.45, 2.75) is 13.1 Å². The van der Waals surface area contributed by atoms with Crippen LogP contribution >= 0.6 is 0 Å². The Balaban J connectivity index is 1.77. The number of benzene rings is 2. The molecule has 0 spiro atoms. The minimum Gasteiger partial charge on any atom is -0.493 e. The highest BCUT2D eigenvalue weighted by Gasteiger charge is 2.21. The van der Waals surface area contributed by atoms with Crippen LogP contribution < -0.4 is 23.7 Å². The summed E-state index contributed by atoms with van der Waals surface area (Å²) in [5, 5.41) is 0. The molecule has 1 heterocycles. The van der Waals surface area contributed by atoms with Crippen LogP contribution in [0.15, 0.2) is 30.3 Å². The molecular formula is C19H23NO5. The van der Waals surface area contributed by atoms with E-state index >= 15 is 0 Å². The first-order chi connectivity index (χ1) is 12.2. The Hall–Kier alpha value is -2.60. The first-order valence-corrected chi connectivity index (χ1v) is 7.99. The molecule has 1 aliphatic heterocycles. The van der Waals surface area contributed by atoms with Crippen LogP contribution in [-0.2, 0) is 13.1 Å². The van der Waals surface area contributed by atoms with Crippen LogP contribution in [0.2, 0.25) is 0 Å². The zero-order valence-electron chi connectivity index (χ0n) is 15.0. The molecule has 3 rings (SSSR count). The third-order valence-corrected chi connectivity index (χ3v) is 4.22. The fourth-order valence-electron chi connectivity index (χ4n) is 2.95. The molecule has 6 heteroatoms. The van der Waals surface area contributed by atoms with Gasteiger partial charge in [-0.3, -0.25) is 4.90 Å². The second-order valence-electron chi connectivity index (χ2n) is 5.76. The van der Waals surface area contributed by atoms with Crippen molar-refractivity contribution in [1.82, 2.24) is 4.90 Å². The number of rotatable bonds is 6. The van der Waals surface area contributed by atoms with Gasteiger partial charge >= 0.3 is 0 Å². The van der Waals surface area contributed by atoms with Gasteiger partial charge in [0.1, 0.15) is 12.5 Å². The fraction of sp³-hybridized carbons (Fsp3) is 0.368. The summed E-state index contributed by atoms with van der Waals surface area (Å²) in [6.45, 7) is 2.02. The minimum absolute atomic E-state index is 0.511. The van der Waals surface area contributed by atoms with Gasteiger partial charge in [-0.1, -0.05) is 6.07 Å². The normalized spacial score (nSPS) is 13.6. The summed E-state index contributed by atoms with van der Waals surface area (Å²) in [6.07, 6.45) is 0. The smallest absolute Gasteiger partial charge is 0.164 e. The van der Waals surface area contributed by atoms with Crippen molar-refractivity contribution in [3.05, 3.63) is 41.5 Å². The van der Waals surface area contributed by atoms with E-state index in [9.17, 15) is 0 Å². The molecule has 0 amide bonds. The fourth-order valence-corrected chi connectivity index (χ4v) is 2.95. The first kappa shape index (κ1) is 17.2. The van der Waals surface area contributed by atoms with Crippen LogP contribution in [0.5, 0.6) is 28.7 Å². The maximum absolute atomic E-state index is 5.89. The average Bonchev–Trinajstić information content (AvgIpc) is 2.66. The number of fused-ring (bicyclic) bond motifs is 1. The number of methoxy groups -OCH3 is 4. The van der Waals surface area contributed by atoms with Crippen LogP contribution in [-0.4, -0.2) is 40.1 Å². The number of hydrogen-bond donors (Lipinski definition) is 0. The zero-order valence-corrected chi connectivity index (χ0v) is 15.0. The largest absolute Gasteiger partial charge is 0.493 e. The number of hydrogen-bond acceptors (Lipinski definition) is 6. The summed E-state index contributed by atoms with van der Waals surface area (Å²) in [5.41, 5.74) is 2.20. The molecule has 0 bridgehead atoms. The topological polar surface area (TPSA) is 49.4 Å². The first-order valence-electron chi connectivity index (χ1n) is 7.99. The number of ether oxygens (including phenoxy) is 5. The third-order valence-electron chi connectivity index (χ3n) is 4.22. The standard InChI is InChI=1S/C19H23NO5/c1-21-15-6-5-13(7-17(15)22-2)10-20-11-14-8-18(23-3)19(24-4)9-16(14)25-12-20/h5-9H,10-12H2,1-4H3. The lowest BCUT2D eigenvalue weighted by atomic mass is 10.1. The SMILES string of the molecule is COc1ccc(CN2COc3cc(OC)c(OC)cc3C2)cc1OC.